The average molecular weight is 352 g/mol. The molecule has 3 nitrogen and oxygen atoms in total. The van der Waals surface area contributed by atoms with Gasteiger partial charge in [0.2, 0.25) is 0 Å². The van der Waals surface area contributed by atoms with Crippen LogP contribution in [-0.2, 0) is 11.2 Å². The fraction of sp³-hybridized carbons (Fsp3) is 0.462. The first-order valence-electron chi connectivity index (χ1n) is 6.03. The number of hydrogen-bond acceptors (Lipinski definition) is 2. The SMILES string of the molecule is O=C(O)[C@]1(C(F)(F)F)CNC[C@H]1Cc1ccccc1Br. The van der Waals surface area contributed by atoms with Crippen LogP contribution in [0.15, 0.2) is 28.7 Å². The van der Waals surface area contributed by atoms with Crippen molar-refractivity contribution >= 4 is 21.9 Å². The molecule has 7 heteroatoms. The summed E-state index contributed by atoms with van der Waals surface area (Å²) in [7, 11) is 0. The van der Waals surface area contributed by atoms with Gasteiger partial charge in [-0.2, -0.15) is 13.2 Å². The van der Waals surface area contributed by atoms with Gasteiger partial charge in [-0.1, -0.05) is 34.1 Å². The summed E-state index contributed by atoms with van der Waals surface area (Å²) >= 11 is 3.28. The van der Waals surface area contributed by atoms with Gasteiger partial charge in [-0.25, -0.2) is 0 Å². The van der Waals surface area contributed by atoms with Crippen LogP contribution in [0.5, 0.6) is 0 Å². The summed E-state index contributed by atoms with van der Waals surface area (Å²) in [4.78, 5) is 11.3. The van der Waals surface area contributed by atoms with E-state index in [2.05, 4.69) is 21.2 Å². The minimum absolute atomic E-state index is 0.0349. The van der Waals surface area contributed by atoms with Gasteiger partial charge in [-0.05, 0) is 24.6 Å². The fourth-order valence-corrected chi connectivity index (χ4v) is 3.09. The largest absolute Gasteiger partial charge is 0.481 e. The number of halogens is 4. The maximum atomic E-state index is 13.3. The lowest BCUT2D eigenvalue weighted by atomic mass is 9.74. The van der Waals surface area contributed by atoms with E-state index in [9.17, 15) is 18.0 Å². The Labute approximate surface area is 122 Å². The predicted octanol–water partition coefficient (Wildman–Crippen LogP) is 2.84. The van der Waals surface area contributed by atoms with Crippen molar-refractivity contribution in [2.75, 3.05) is 13.1 Å². The van der Waals surface area contributed by atoms with Gasteiger partial charge in [0.1, 0.15) is 0 Å². The molecule has 2 atom stereocenters. The Morgan fingerprint density at radius 3 is 2.65 bits per heavy atom. The van der Waals surface area contributed by atoms with E-state index in [1.165, 1.54) is 0 Å². The summed E-state index contributed by atoms with van der Waals surface area (Å²) in [5.74, 6) is -2.84. The quantitative estimate of drug-likeness (QED) is 0.880. The second kappa shape index (κ2) is 5.37. The molecule has 0 aromatic heterocycles. The first kappa shape index (κ1) is 15.3. The molecular weight excluding hydrogens is 339 g/mol. The number of carboxylic acids is 1. The van der Waals surface area contributed by atoms with Gasteiger partial charge in [0, 0.05) is 16.9 Å². The third-order valence-electron chi connectivity index (χ3n) is 3.80. The first-order valence-corrected chi connectivity index (χ1v) is 6.82. The van der Waals surface area contributed by atoms with Crippen molar-refractivity contribution in [3.8, 4) is 0 Å². The molecule has 1 heterocycles. The highest BCUT2D eigenvalue weighted by molar-refractivity contribution is 9.10. The summed E-state index contributed by atoms with van der Waals surface area (Å²) in [5, 5.41) is 11.7. The lowest BCUT2D eigenvalue weighted by Crippen LogP contribution is -2.51. The maximum absolute atomic E-state index is 13.3. The highest BCUT2D eigenvalue weighted by Crippen LogP contribution is 2.48. The first-order chi connectivity index (χ1) is 9.29. The summed E-state index contributed by atoms with van der Waals surface area (Å²) < 4.78 is 40.6. The molecular formula is C13H13BrF3NO2. The Kier molecular flexibility index (Phi) is 4.11. The number of aliphatic carboxylic acids is 1. The number of carboxylic acid groups (broad SMARTS) is 1. The van der Waals surface area contributed by atoms with E-state index < -0.39 is 30.0 Å². The Balaban J connectivity index is 2.35. The molecule has 1 aliphatic heterocycles. The number of alkyl halides is 3. The zero-order chi connectivity index (χ0) is 15.0. The Bertz CT molecular complexity index is 521. The molecule has 20 heavy (non-hydrogen) atoms. The van der Waals surface area contributed by atoms with Gasteiger partial charge in [-0.15, -0.1) is 0 Å². The molecule has 110 valence electrons. The van der Waals surface area contributed by atoms with E-state index in [4.69, 9.17) is 5.11 Å². The maximum Gasteiger partial charge on any atom is 0.406 e. The van der Waals surface area contributed by atoms with Crippen molar-refractivity contribution in [2.24, 2.45) is 11.3 Å². The lowest BCUT2D eigenvalue weighted by Gasteiger charge is -2.32. The van der Waals surface area contributed by atoms with Crippen LogP contribution < -0.4 is 5.32 Å². The van der Waals surface area contributed by atoms with E-state index in [1.807, 2.05) is 0 Å². The summed E-state index contributed by atoms with van der Waals surface area (Å²) in [6, 6.07) is 6.91. The zero-order valence-electron chi connectivity index (χ0n) is 10.4. The molecule has 1 saturated heterocycles. The van der Waals surface area contributed by atoms with Crippen molar-refractivity contribution in [3.63, 3.8) is 0 Å². The van der Waals surface area contributed by atoms with Gasteiger partial charge in [0.15, 0.2) is 5.41 Å². The highest BCUT2D eigenvalue weighted by Gasteiger charge is 2.66. The fourth-order valence-electron chi connectivity index (χ4n) is 2.64. The minimum atomic E-state index is -4.78. The van der Waals surface area contributed by atoms with Gasteiger partial charge >= 0.3 is 12.1 Å². The number of benzene rings is 1. The molecule has 1 fully saturated rings. The van der Waals surface area contributed by atoms with Crippen molar-refractivity contribution in [2.45, 2.75) is 12.6 Å². The van der Waals surface area contributed by atoms with Gasteiger partial charge in [0.05, 0.1) is 0 Å². The molecule has 0 unspecified atom stereocenters. The standard InChI is InChI=1S/C13H13BrF3NO2/c14-10-4-2-1-3-8(10)5-9-6-18-7-12(9,11(19)20)13(15,16)17/h1-4,9,18H,5-7H2,(H,19,20)/t9-,12+/m1/s1. The third-order valence-corrected chi connectivity index (χ3v) is 4.58. The Hall–Kier alpha value is -1.08. The molecule has 1 aromatic rings. The van der Waals surface area contributed by atoms with Crippen molar-refractivity contribution in [3.05, 3.63) is 34.3 Å². The van der Waals surface area contributed by atoms with Crippen molar-refractivity contribution in [1.82, 2.24) is 5.32 Å². The van der Waals surface area contributed by atoms with Crippen LogP contribution in [0.1, 0.15) is 5.56 Å². The highest BCUT2D eigenvalue weighted by atomic mass is 79.9. The van der Waals surface area contributed by atoms with Gasteiger partial charge in [-0.3, -0.25) is 4.79 Å². The van der Waals surface area contributed by atoms with Crippen LogP contribution >= 0.6 is 15.9 Å². The monoisotopic (exact) mass is 351 g/mol. The van der Waals surface area contributed by atoms with Crippen LogP contribution in [-0.4, -0.2) is 30.3 Å². The van der Waals surface area contributed by atoms with Crippen LogP contribution in [0.25, 0.3) is 0 Å². The van der Waals surface area contributed by atoms with Crippen LogP contribution in [0, 0.1) is 11.3 Å². The second-order valence-electron chi connectivity index (χ2n) is 4.90. The molecule has 2 N–H and O–H groups in total. The lowest BCUT2D eigenvalue weighted by molar-refractivity contribution is -0.236. The minimum Gasteiger partial charge on any atom is -0.481 e. The van der Waals surface area contributed by atoms with Crippen LogP contribution in [0.4, 0.5) is 13.2 Å². The Morgan fingerprint density at radius 1 is 1.45 bits per heavy atom. The van der Waals surface area contributed by atoms with E-state index in [-0.39, 0.29) is 13.0 Å². The molecule has 0 aliphatic carbocycles. The molecule has 0 amide bonds. The van der Waals surface area contributed by atoms with E-state index >= 15 is 0 Å². The summed E-state index contributed by atoms with van der Waals surface area (Å²) in [5.41, 5.74) is -2.04. The third kappa shape index (κ3) is 2.44. The second-order valence-corrected chi connectivity index (χ2v) is 5.75. The summed E-state index contributed by atoms with van der Waals surface area (Å²) in [6.07, 6.45) is -4.73. The number of hydrogen-bond donors (Lipinski definition) is 2. The van der Waals surface area contributed by atoms with Gasteiger partial charge < -0.3 is 10.4 Å². The molecule has 1 aromatic carbocycles. The van der Waals surface area contributed by atoms with Gasteiger partial charge in [0.25, 0.3) is 0 Å². The molecule has 0 radical (unpaired) electrons. The van der Waals surface area contributed by atoms with E-state index in [0.29, 0.717) is 10.0 Å². The van der Waals surface area contributed by atoms with Crippen molar-refractivity contribution in [1.29, 1.82) is 0 Å². The topological polar surface area (TPSA) is 49.3 Å². The smallest absolute Gasteiger partial charge is 0.406 e. The van der Waals surface area contributed by atoms with Crippen molar-refractivity contribution < 1.29 is 23.1 Å². The average Bonchev–Trinajstić information content (AvgIpc) is 2.76. The van der Waals surface area contributed by atoms with E-state index in [0.717, 1.165) is 0 Å². The molecule has 0 bridgehead atoms. The van der Waals surface area contributed by atoms with Crippen LogP contribution in [0.3, 0.4) is 0 Å². The molecule has 0 spiro atoms. The zero-order valence-corrected chi connectivity index (χ0v) is 12.0. The normalized spacial score (nSPS) is 26.7. The van der Waals surface area contributed by atoms with E-state index in [1.54, 1.807) is 24.3 Å². The number of nitrogens with one attached hydrogen (secondary N) is 1. The molecule has 2 rings (SSSR count). The molecule has 1 aliphatic rings. The Morgan fingerprint density at radius 2 is 2.10 bits per heavy atom. The summed E-state index contributed by atoms with van der Waals surface area (Å²) in [6.45, 7) is -0.548. The number of rotatable bonds is 3. The predicted molar refractivity (Wildman–Crippen MR) is 70.3 cm³/mol. The number of carbonyl (C=O) groups is 1. The molecule has 0 saturated carbocycles. The van der Waals surface area contributed by atoms with Crippen LogP contribution in [0.2, 0.25) is 0 Å².